The van der Waals surface area contributed by atoms with Crippen molar-refractivity contribution < 1.29 is 0 Å². The van der Waals surface area contributed by atoms with Crippen molar-refractivity contribution in [1.82, 2.24) is 5.32 Å². The van der Waals surface area contributed by atoms with Crippen LogP contribution in [0, 0.1) is 5.92 Å². The van der Waals surface area contributed by atoms with E-state index in [9.17, 15) is 0 Å². The van der Waals surface area contributed by atoms with Crippen molar-refractivity contribution in [2.45, 2.75) is 52.9 Å². The third-order valence-corrected chi connectivity index (χ3v) is 3.47. The SMILES string of the molecule is CCCNCCC(C)Cc1ccc(C(C)C)cc1. The number of hydrogen-bond acceptors (Lipinski definition) is 1. The first-order valence-corrected chi connectivity index (χ1v) is 7.43. The zero-order valence-corrected chi connectivity index (χ0v) is 12.5. The van der Waals surface area contributed by atoms with Gasteiger partial charge in [-0.3, -0.25) is 0 Å². The van der Waals surface area contributed by atoms with Gasteiger partial charge in [0.2, 0.25) is 0 Å². The Morgan fingerprint density at radius 3 is 2.22 bits per heavy atom. The van der Waals surface area contributed by atoms with E-state index in [-0.39, 0.29) is 0 Å². The highest BCUT2D eigenvalue weighted by Crippen LogP contribution is 2.17. The Hall–Kier alpha value is -0.820. The normalized spacial score (nSPS) is 12.9. The number of nitrogens with one attached hydrogen (secondary N) is 1. The summed E-state index contributed by atoms with van der Waals surface area (Å²) in [5, 5.41) is 3.48. The summed E-state index contributed by atoms with van der Waals surface area (Å²) >= 11 is 0. The van der Waals surface area contributed by atoms with Gasteiger partial charge in [-0.1, -0.05) is 52.0 Å². The van der Waals surface area contributed by atoms with Gasteiger partial charge in [0.25, 0.3) is 0 Å². The molecule has 0 aliphatic heterocycles. The standard InChI is InChI=1S/C17H29N/c1-5-11-18-12-10-15(4)13-16-6-8-17(9-7-16)14(2)3/h6-9,14-15,18H,5,10-13H2,1-4H3. The summed E-state index contributed by atoms with van der Waals surface area (Å²) in [5.74, 6) is 1.40. The van der Waals surface area contributed by atoms with Gasteiger partial charge in [-0.15, -0.1) is 0 Å². The van der Waals surface area contributed by atoms with Crippen LogP contribution in [0.3, 0.4) is 0 Å². The Morgan fingerprint density at radius 2 is 1.67 bits per heavy atom. The molecule has 0 aromatic heterocycles. The average molecular weight is 247 g/mol. The summed E-state index contributed by atoms with van der Waals surface area (Å²) in [5.41, 5.74) is 2.92. The maximum atomic E-state index is 3.48. The molecule has 1 aromatic rings. The number of benzene rings is 1. The van der Waals surface area contributed by atoms with Crippen LogP contribution in [-0.4, -0.2) is 13.1 Å². The van der Waals surface area contributed by atoms with Crippen molar-refractivity contribution in [2.75, 3.05) is 13.1 Å². The first kappa shape index (κ1) is 15.2. The molecular weight excluding hydrogens is 218 g/mol. The molecule has 0 saturated heterocycles. The minimum atomic E-state index is 0.634. The fourth-order valence-corrected chi connectivity index (χ4v) is 2.19. The molecule has 0 radical (unpaired) electrons. The van der Waals surface area contributed by atoms with Crippen LogP contribution < -0.4 is 5.32 Å². The molecule has 0 aliphatic carbocycles. The molecule has 0 bridgehead atoms. The summed E-state index contributed by atoms with van der Waals surface area (Å²) in [6.07, 6.45) is 3.70. The van der Waals surface area contributed by atoms with Gasteiger partial charge in [-0.25, -0.2) is 0 Å². The molecular formula is C17H29N. The van der Waals surface area contributed by atoms with Gasteiger partial charge in [-0.2, -0.15) is 0 Å². The Kier molecular flexibility index (Phi) is 7.04. The largest absolute Gasteiger partial charge is 0.317 e. The van der Waals surface area contributed by atoms with Crippen LogP contribution >= 0.6 is 0 Å². The van der Waals surface area contributed by atoms with Crippen LogP contribution in [0.2, 0.25) is 0 Å². The fourth-order valence-electron chi connectivity index (χ4n) is 2.19. The second-order valence-corrected chi connectivity index (χ2v) is 5.74. The van der Waals surface area contributed by atoms with E-state index in [0.717, 1.165) is 19.0 Å². The van der Waals surface area contributed by atoms with Crippen molar-refractivity contribution in [2.24, 2.45) is 5.92 Å². The van der Waals surface area contributed by atoms with Crippen molar-refractivity contribution in [3.63, 3.8) is 0 Å². The van der Waals surface area contributed by atoms with E-state index >= 15 is 0 Å². The van der Waals surface area contributed by atoms with Gasteiger partial charge in [0, 0.05) is 0 Å². The highest BCUT2D eigenvalue weighted by atomic mass is 14.8. The minimum Gasteiger partial charge on any atom is -0.317 e. The van der Waals surface area contributed by atoms with E-state index in [2.05, 4.69) is 57.3 Å². The van der Waals surface area contributed by atoms with Crippen molar-refractivity contribution >= 4 is 0 Å². The third kappa shape index (κ3) is 5.68. The molecule has 0 amide bonds. The summed E-state index contributed by atoms with van der Waals surface area (Å²) in [6, 6.07) is 9.15. The third-order valence-electron chi connectivity index (χ3n) is 3.47. The zero-order valence-electron chi connectivity index (χ0n) is 12.5. The van der Waals surface area contributed by atoms with Crippen molar-refractivity contribution in [3.8, 4) is 0 Å². The van der Waals surface area contributed by atoms with Gasteiger partial charge in [0.15, 0.2) is 0 Å². The lowest BCUT2D eigenvalue weighted by molar-refractivity contribution is 0.498. The van der Waals surface area contributed by atoms with E-state index in [4.69, 9.17) is 0 Å². The maximum Gasteiger partial charge on any atom is -0.00463 e. The molecule has 0 heterocycles. The van der Waals surface area contributed by atoms with Crippen LogP contribution in [0.15, 0.2) is 24.3 Å². The molecule has 18 heavy (non-hydrogen) atoms. The lowest BCUT2D eigenvalue weighted by Crippen LogP contribution is -2.18. The highest BCUT2D eigenvalue weighted by molar-refractivity contribution is 5.24. The lowest BCUT2D eigenvalue weighted by atomic mass is 9.95. The molecule has 1 N–H and O–H groups in total. The smallest absolute Gasteiger partial charge is 0.00463 e. The summed E-state index contributed by atoms with van der Waals surface area (Å²) in [4.78, 5) is 0. The highest BCUT2D eigenvalue weighted by Gasteiger charge is 2.04. The molecule has 0 aliphatic rings. The van der Waals surface area contributed by atoms with Gasteiger partial charge in [0.05, 0.1) is 0 Å². The van der Waals surface area contributed by atoms with Crippen LogP contribution in [0.25, 0.3) is 0 Å². The van der Waals surface area contributed by atoms with E-state index in [1.165, 1.54) is 30.4 Å². The number of hydrogen-bond donors (Lipinski definition) is 1. The molecule has 0 saturated carbocycles. The lowest BCUT2D eigenvalue weighted by Gasteiger charge is -2.13. The van der Waals surface area contributed by atoms with Crippen LogP contribution in [0.4, 0.5) is 0 Å². The van der Waals surface area contributed by atoms with Crippen LogP contribution in [-0.2, 0) is 6.42 Å². The predicted octanol–water partition coefficient (Wildman–Crippen LogP) is 4.38. The quantitative estimate of drug-likeness (QED) is 0.672. The molecule has 0 spiro atoms. The minimum absolute atomic E-state index is 0.634. The van der Waals surface area contributed by atoms with Gasteiger partial charge in [0.1, 0.15) is 0 Å². The fraction of sp³-hybridized carbons (Fsp3) is 0.647. The van der Waals surface area contributed by atoms with Crippen molar-refractivity contribution in [3.05, 3.63) is 35.4 Å². The topological polar surface area (TPSA) is 12.0 Å². The maximum absolute atomic E-state index is 3.48. The zero-order chi connectivity index (χ0) is 13.4. The van der Waals surface area contributed by atoms with E-state index < -0.39 is 0 Å². The van der Waals surface area contributed by atoms with E-state index in [1.807, 2.05) is 0 Å². The molecule has 1 aromatic carbocycles. The van der Waals surface area contributed by atoms with Crippen LogP contribution in [0.5, 0.6) is 0 Å². The molecule has 1 atom stereocenters. The summed E-state index contributed by atoms with van der Waals surface area (Å²) in [7, 11) is 0. The van der Waals surface area contributed by atoms with E-state index in [0.29, 0.717) is 5.92 Å². The van der Waals surface area contributed by atoms with Crippen molar-refractivity contribution in [1.29, 1.82) is 0 Å². The summed E-state index contributed by atoms with van der Waals surface area (Å²) < 4.78 is 0. The van der Waals surface area contributed by atoms with Gasteiger partial charge >= 0.3 is 0 Å². The molecule has 1 nitrogen and oxygen atoms in total. The molecule has 1 rings (SSSR count). The number of rotatable bonds is 8. The Labute approximate surface area is 113 Å². The Balaban J connectivity index is 2.32. The monoisotopic (exact) mass is 247 g/mol. The van der Waals surface area contributed by atoms with Gasteiger partial charge in [-0.05, 0) is 55.3 Å². The first-order chi connectivity index (χ1) is 8.63. The van der Waals surface area contributed by atoms with Crippen LogP contribution in [0.1, 0.15) is 57.6 Å². The molecule has 0 fully saturated rings. The second kappa shape index (κ2) is 8.31. The second-order valence-electron chi connectivity index (χ2n) is 5.74. The van der Waals surface area contributed by atoms with Gasteiger partial charge < -0.3 is 5.32 Å². The Morgan fingerprint density at radius 1 is 1.00 bits per heavy atom. The average Bonchev–Trinajstić information content (AvgIpc) is 2.35. The Bertz CT molecular complexity index is 313. The molecule has 1 unspecified atom stereocenters. The first-order valence-electron chi connectivity index (χ1n) is 7.43. The predicted molar refractivity (Wildman–Crippen MR) is 81.2 cm³/mol. The molecule has 1 heteroatoms. The molecule has 102 valence electrons. The summed E-state index contributed by atoms with van der Waals surface area (Å²) in [6.45, 7) is 11.4. The van der Waals surface area contributed by atoms with E-state index in [1.54, 1.807) is 0 Å².